The molecule has 1 aromatic carbocycles. The van der Waals surface area contributed by atoms with Crippen LogP contribution >= 0.6 is 0 Å². The molecule has 0 radical (unpaired) electrons. The summed E-state index contributed by atoms with van der Waals surface area (Å²) in [5, 5.41) is 0. The molecule has 3 aliphatic rings. The van der Waals surface area contributed by atoms with Crippen LogP contribution in [0.4, 0.5) is 0 Å². The number of piperidine rings is 1. The van der Waals surface area contributed by atoms with Crippen molar-refractivity contribution in [1.82, 2.24) is 9.80 Å². The average Bonchev–Trinajstić information content (AvgIpc) is 3.58. The van der Waals surface area contributed by atoms with Crippen LogP contribution in [-0.4, -0.2) is 66.7 Å². The van der Waals surface area contributed by atoms with Gasteiger partial charge in [-0.3, -0.25) is 9.59 Å². The molecule has 146 valence electrons. The van der Waals surface area contributed by atoms with Crippen molar-refractivity contribution >= 4 is 11.8 Å². The Kier molecular flexibility index (Phi) is 5.74. The zero-order chi connectivity index (χ0) is 18.6. The van der Waals surface area contributed by atoms with Gasteiger partial charge in [0.2, 0.25) is 5.91 Å². The average molecular weight is 372 g/mol. The summed E-state index contributed by atoms with van der Waals surface area (Å²) in [6.07, 6.45) is 3.20. The minimum Gasteiger partial charge on any atom is -0.376 e. The molecule has 1 atom stereocenters. The van der Waals surface area contributed by atoms with Gasteiger partial charge in [-0.15, -0.1) is 0 Å². The molecular weight excluding hydrogens is 344 g/mol. The first-order valence-electron chi connectivity index (χ1n) is 10.0. The summed E-state index contributed by atoms with van der Waals surface area (Å²) in [6.45, 7) is 3.30. The fourth-order valence-electron chi connectivity index (χ4n) is 3.97. The molecule has 2 heterocycles. The maximum atomic E-state index is 13.1. The third-order valence-corrected chi connectivity index (χ3v) is 5.71. The van der Waals surface area contributed by atoms with E-state index < -0.39 is 6.10 Å². The molecular formula is C21H28N2O4. The van der Waals surface area contributed by atoms with E-state index in [2.05, 4.69) is 17.0 Å². The lowest BCUT2D eigenvalue weighted by molar-refractivity contribution is -0.160. The summed E-state index contributed by atoms with van der Waals surface area (Å²) < 4.78 is 10.9. The lowest BCUT2D eigenvalue weighted by Gasteiger charge is -2.36. The van der Waals surface area contributed by atoms with Crippen molar-refractivity contribution in [3.05, 3.63) is 35.9 Å². The summed E-state index contributed by atoms with van der Waals surface area (Å²) in [4.78, 5) is 29.6. The van der Waals surface area contributed by atoms with Crippen molar-refractivity contribution in [2.24, 2.45) is 5.92 Å². The first kappa shape index (κ1) is 18.4. The number of ether oxygens (including phenoxy) is 2. The Morgan fingerprint density at radius 1 is 1.04 bits per heavy atom. The highest BCUT2D eigenvalue weighted by atomic mass is 16.6. The number of carbonyl (C=O) groups excluding carboxylic acids is 2. The summed E-state index contributed by atoms with van der Waals surface area (Å²) in [5.74, 6) is 0.275. The second-order valence-electron chi connectivity index (χ2n) is 7.72. The molecule has 0 bridgehead atoms. The van der Waals surface area contributed by atoms with E-state index in [1.807, 2.05) is 23.1 Å². The molecule has 2 aliphatic heterocycles. The van der Waals surface area contributed by atoms with Crippen LogP contribution in [0.1, 0.15) is 31.2 Å². The van der Waals surface area contributed by atoms with Crippen LogP contribution in [0.3, 0.4) is 0 Å². The van der Waals surface area contributed by atoms with Gasteiger partial charge in [-0.25, -0.2) is 0 Å². The Morgan fingerprint density at radius 3 is 2.41 bits per heavy atom. The minimum absolute atomic E-state index is 0.00364. The molecule has 3 fully saturated rings. The molecule has 1 unspecified atom stereocenters. The number of hydrogen-bond donors (Lipinski definition) is 0. The third kappa shape index (κ3) is 4.50. The predicted octanol–water partition coefficient (Wildman–Crippen LogP) is 1.83. The number of likely N-dealkylation sites (tertiary alicyclic amines) is 1. The summed E-state index contributed by atoms with van der Waals surface area (Å²) in [5.41, 5.74) is 1.18. The molecule has 0 aromatic heterocycles. The van der Waals surface area contributed by atoms with Gasteiger partial charge in [0.05, 0.1) is 19.8 Å². The Labute approximate surface area is 160 Å². The smallest absolute Gasteiger partial charge is 0.254 e. The predicted molar refractivity (Wildman–Crippen MR) is 99.9 cm³/mol. The lowest BCUT2D eigenvalue weighted by atomic mass is 9.94. The van der Waals surface area contributed by atoms with Crippen LogP contribution in [0.25, 0.3) is 0 Å². The summed E-state index contributed by atoms with van der Waals surface area (Å²) in [6, 6.07) is 10.6. The number of amides is 2. The van der Waals surface area contributed by atoms with E-state index in [-0.39, 0.29) is 17.7 Å². The van der Waals surface area contributed by atoms with Crippen LogP contribution < -0.4 is 0 Å². The molecule has 0 spiro atoms. The van der Waals surface area contributed by atoms with Crippen LogP contribution in [0, 0.1) is 5.92 Å². The van der Waals surface area contributed by atoms with Crippen molar-refractivity contribution < 1.29 is 19.1 Å². The lowest BCUT2D eigenvalue weighted by Crippen LogP contribution is -2.50. The van der Waals surface area contributed by atoms with E-state index >= 15 is 0 Å². The fraction of sp³-hybridized carbons (Fsp3) is 0.619. The second-order valence-corrected chi connectivity index (χ2v) is 7.72. The second kappa shape index (κ2) is 8.40. The highest BCUT2D eigenvalue weighted by Gasteiger charge is 2.38. The quantitative estimate of drug-likeness (QED) is 0.791. The van der Waals surface area contributed by atoms with E-state index in [0.29, 0.717) is 45.5 Å². The first-order chi connectivity index (χ1) is 13.2. The molecule has 0 N–H and O–H groups in total. The van der Waals surface area contributed by atoms with Crippen LogP contribution in [0.15, 0.2) is 30.3 Å². The van der Waals surface area contributed by atoms with Crippen molar-refractivity contribution in [2.75, 3.05) is 32.9 Å². The number of hydrogen-bond acceptors (Lipinski definition) is 4. The SMILES string of the molecule is O=C(C1COCCO1)N1CCC(C(=O)N(Cc2ccccc2)C2CC2)CC1. The molecule has 6 nitrogen and oxygen atoms in total. The third-order valence-electron chi connectivity index (χ3n) is 5.71. The van der Waals surface area contributed by atoms with E-state index in [1.54, 1.807) is 0 Å². The van der Waals surface area contributed by atoms with Crippen LogP contribution in [-0.2, 0) is 25.6 Å². The van der Waals surface area contributed by atoms with Crippen LogP contribution in [0.5, 0.6) is 0 Å². The number of benzene rings is 1. The monoisotopic (exact) mass is 372 g/mol. The largest absolute Gasteiger partial charge is 0.376 e. The van der Waals surface area contributed by atoms with Crippen molar-refractivity contribution in [3.63, 3.8) is 0 Å². The van der Waals surface area contributed by atoms with Gasteiger partial charge in [0, 0.05) is 31.6 Å². The zero-order valence-electron chi connectivity index (χ0n) is 15.7. The van der Waals surface area contributed by atoms with Gasteiger partial charge in [0.1, 0.15) is 0 Å². The minimum atomic E-state index is -0.480. The molecule has 1 aromatic rings. The zero-order valence-corrected chi connectivity index (χ0v) is 15.7. The van der Waals surface area contributed by atoms with Crippen molar-refractivity contribution in [1.29, 1.82) is 0 Å². The summed E-state index contributed by atoms with van der Waals surface area (Å²) >= 11 is 0. The normalized spacial score (nSPS) is 23.9. The van der Waals surface area contributed by atoms with Gasteiger partial charge in [0.15, 0.2) is 6.10 Å². The summed E-state index contributed by atoms with van der Waals surface area (Å²) in [7, 11) is 0. The van der Waals surface area contributed by atoms with E-state index in [9.17, 15) is 9.59 Å². The molecule has 1 saturated carbocycles. The fourth-order valence-corrected chi connectivity index (χ4v) is 3.97. The Bertz CT molecular complexity index is 647. The Balaban J connectivity index is 1.32. The molecule has 2 amide bonds. The molecule has 27 heavy (non-hydrogen) atoms. The van der Waals surface area contributed by atoms with Crippen molar-refractivity contribution in [2.45, 2.75) is 44.4 Å². The van der Waals surface area contributed by atoms with Gasteiger partial charge in [-0.1, -0.05) is 30.3 Å². The van der Waals surface area contributed by atoms with Crippen LogP contribution in [0.2, 0.25) is 0 Å². The Hall–Kier alpha value is -1.92. The highest BCUT2D eigenvalue weighted by molar-refractivity contribution is 5.82. The van der Waals surface area contributed by atoms with E-state index in [1.165, 1.54) is 5.56 Å². The van der Waals surface area contributed by atoms with Gasteiger partial charge in [0.25, 0.3) is 5.91 Å². The molecule has 4 rings (SSSR count). The van der Waals surface area contributed by atoms with Gasteiger partial charge < -0.3 is 19.3 Å². The number of nitrogens with zero attached hydrogens (tertiary/aromatic N) is 2. The maximum Gasteiger partial charge on any atom is 0.254 e. The standard InChI is InChI=1S/C21H28N2O4/c24-20(23(18-6-7-18)14-16-4-2-1-3-5-16)17-8-10-22(11-9-17)21(25)19-15-26-12-13-27-19/h1-5,17-19H,6-15H2. The number of carbonyl (C=O) groups is 2. The molecule has 6 heteroatoms. The maximum absolute atomic E-state index is 13.1. The Morgan fingerprint density at radius 2 is 1.78 bits per heavy atom. The highest BCUT2D eigenvalue weighted by Crippen LogP contribution is 2.32. The molecule has 1 aliphatic carbocycles. The van der Waals surface area contributed by atoms with E-state index in [0.717, 1.165) is 25.7 Å². The topological polar surface area (TPSA) is 59.1 Å². The molecule has 2 saturated heterocycles. The van der Waals surface area contributed by atoms with Crippen molar-refractivity contribution in [3.8, 4) is 0 Å². The van der Waals surface area contributed by atoms with Gasteiger partial charge >= 0.3 is 0 Å². The van der Waals surface area contributed by atoms with Gasteiger partial charge in [-0.2, -0.15) is 0 Å². The number of rotatable bonds is 5. The first-order valence-corrected chi connectivity index (χ1v) is 10.0. The van der Waals surface area contributed by atoms with E-state index in [4.69, 9.17) is 9.47 Å². The van der Waals surface area contributed by atoms with Gasteiger partial charge in [-0.05, 0) is 31.2 Å².